The predicted molar refractivity (Wildman–Crippen MR) is 110 cm³/mol. The lowest BCUT2D eigenvalue weighted by molar-refractivity contribution is 0.0946. The molecule has 0 saturated heterocycles. The third kappa shape index (κ3) is 4.05. The Bertz CT molecular complexity index is 1030. The highest BCUT2D eigenvalue weighted by Crippen LogP contribution is 2.18. The van der Waals surface area contributed by atoms with Gasteiger partial charge >= 0.3 is 0 Å². The molecule has 0 atom stereocenters. The molecule has 1 aromatic heterocycles. The number of amides is 1. The number of hydrogen-bond acceptors (Lipinski definition) is 3. The van der Waals surface area contributed by atoms with Crippen LogP contribution in [-0.2, 0) is 13.0 Å². The fraction of sp³-hybridized carbons (Fsp3) is 0.217. The van der Waals surface area contributed by atoms with E-state index in [9.17, 15) is 9.59 Å². The third-order valence-corrected chi connectivity index (χ3v) is 5.16. The summed E-state index contributed by atoms with van der Waals surface area (Å²) in [4.78, 5) is 29.9. The van der Waals surface area contributed by atoms with Gasteiger partial charge in [-0.15, -0.1) is 0 Å². The standard InChI is InChI=1S/C23H23N3O2/c27-22(20-10-11-21(25-23(20)28)18-7-2-1-3-8-18)24-13-15-26-14-12-17-6-4-5-9-19(17)16-26/h1-11H,12-16H2,(H,24,27)(H,25,28). The molecule has 142 valence electrons. The first-order valence-electron chi connectivity index (χ1n) is 9.57. The fourth-order valence-electron chi connectivity index (χ4n) is 3.61. The predicted octanol–water partition coefficient (Wildman–Crippen LogP) is 2.83. The van der Waals surface area contributed by atoms with Crippen molar-refractivity contribution in [3.63, 3.8) is 0 Å². The van der Waals surface area contributed by atoms with E-state index in [1.54, 1.807) is 12.1 Å². The molecule has 5 heteroatoms. The Labute approximate surface area is 164 Å². The maximum atomic E-state index is 12.4. The van der Waals surface area contributed by atoms with Crippen LogP contribution in [0.2, 0.25) is 0 Å². The second-order valence-corrected chi connectivity index (χ2v) is 7.03. The maximum Gasteiger partial charge on any atom is 0.261 e. The smallest absolute Gasteiger partial charge is 0.261 e. The van der Waals surface area contributed by atoms with Crippen LogP contribution >= 0.6 is 0 Å². The Hall–Kier alpha value is -3.18. The Morgan fingerprint density at radius 3 is 2.50 bits per heavy atom. The van der Waals surface area contributed by atoms with Crippen molar-refractivity contribution in [1.29, 1.82) is 0 Å². The summed E-state index contributed by atoms with van der Waals surface area (Å²) < 4.78 is 0. The highest BCUT2D eigenvalue weighted by atomic mass is 16.2. The number of rotatable bonds is 5. The summed E-state index contributed by atoms with van der Waals surface area (Å²) >= 11 is 0. The molecule has 0 unspecified atom stereocenters. The Balaban J connectivity index is 1.34. The fourth-order valence-corrected chi connectivity index (χ4v) is 3.61. The average Bonchev–Trinajstić information content (AvgIpc) is 2.74. The second kappa shape index (κ2) is 8.23. The molecule has 1 aliphatic rings. The molecule has 0 aliphatic carbocycles. The number of fused-ring (bicyclic) bond motifs is 1. The maximum absolute atomic E-state index is 12.4. The summed E-state index contributed by atoms with van der Waals surface area (Å²) in [6, 6.07) is 21.4. The van der Waals surface area contributed by atoms with E-state index in [0.29, 0.717) is 12.2 Å². The lowest BCUT2D eigenvalue weighted by Crippen LogP contribution is -2.39. The van der Waals surface area contributed by atoms with Crippen molar-refractivity contribution in [3.8, 4) is 11.3 Å². The van der Waals surface area contributed by atoms with Gasteiger partial charge in [0.15, 0.2) is 0 Å². The highest BCUT2D eigenvalue weighted by molar-refractivity contribution is 5.94. The zero-order valence-corrected chi connectivity index (χ0v) is 15.7. The molecular weight excluding hydrogens is 350 g/mol. The minimum absolute atomic E-state index is 0.142. The summed E-state index contributed by atoms with van der Waals surface area (Å²) in [6.45, 7) is 3.17. The number of nitrogens with zero attached hydrogens (tertiary/aromatic N) is 1. The van der Waals surface area contributed by atoms with Gasteiger partial charge in [-0.2, -0.15) is 0 Å². The van der Waals surface area contributed by atoms with Crippen LogP contribution < -0.4 is 10.9 Å². The molecule has 0 bridgehead atoms. The molecule has 0 spiro atoms. The Morgan fingerprint density at radius 1 is 0.964 bits per heavy atom. The van der Waals surface area contributed by atoms with Gasteiger partial charge < -0.3 is 10.3 Å². The topological polar surface area (TPSA) is 65.2 Å². The number of aromatic amines is 1. The number of pyridine rings is 1. The molecule has 2 N–H and O–H groups in total. The van der Waals surface area contributed by atoms with Crippen molar-refractivity contribution in [3.05, 3.63) is 93.8 Å². The first-order valence-corrected chi connectivity index (χ1v) is 9.57. The minimum Gasteiger partial charge on any atom is -0.351 e. The molecule has 5 nitrogen and oxygen atoms in total. The van der Waals surface area contributed by atoms with E-state index in [2.05, 4.69) is 39.5 Å². The number of hydrogen-bond donors (Lipinski definition) is 2. The molecule has 1 amide bonds. The molecule has 2 aromatic carbocycles. The zero-order valence-electron chi connectivity index (χ0n) is 15.7. The SMILES string of the molecule is O=C(NCCN1CCc2ccccc2C1)c1ccc(-c2ccccc2)[nH]c1=O. The van der Waals surface area contributed by atoms with Crippen LogP contribution in [0.15, 0.2) is 71.5 Å². The lowest BCUT2D eigenvalue weighted by Gasteiger charge is -2.28. The van der Waals surface area contributed by atoms with Gasteiger partial charge in [0, 0.05) is 31.9 Å². The van der Waals surface area contributed by atoms with Gasteiger partial charge in [0.1, 0.15) is 5.56 Å². The molecule has 28 heavy (non-hydrogen) atoms. The Kier molecular flexibility index (Phi) is 5.35. The number of benzene rings is 2. The van der Waals surface area contributed by atoms with Crippen molar-refractivity contribution in [2.45, 2.75) is 13.0 Å². The highest BCUT2D eigenvalue weighted by Gasteiger charge is 2.16. The molecule has 0 fully saturated rings. The molecule has 1 aliphatic heterocycles. The van der Waals surface area contributed by atoms with Crippen LogP contribution in [0.1, 0.15) is 21.5 Å². The van der Waals surface area contributed by atoms with Crippen molar-refractivity contribution in [2.75, 3.05) is 19.6 Å². The first-order chi connectivity index (χ1) is 13.7. The number of aromatic nitrogens is 1. The quantitative estimate of drug-likeness (QED) is 0.723. The van der Waals surface area contributed by atoms with Crippen molar-refractivity contribution >= 4 is 5.91 Å². The van der Waals surface area contributed by atoms with Gasteiger partial charge in [-0.1, -0.05) is 54.6 Å². The van der Waals surface area contributed by atoms with E-state index in [0.717, 1.165) is 31.6 Å². The number of nitrogens with one attached hydrogen (secondary N) is 2. The van der Waals surface area contributed by atoms with Gasteiger partial charge in [-0.05, 0) is 35.2 Å². The van der Waals surface area contributed by atoms with Crippen LogP contribution in [-0.4, -0.2) is 35.4 Å². The molecule has 0 radical (unpaired) electrons. The molecule has 0 saturated carbocycles. The lowest BCUT2D eigenvalue weighted by atomic mass is 10.00. The number of H-pyrrole nitrogens is 1. The number of carbonyl (C=O) groups is 1. The summed E-state index contributed by atoms with van der Waals surface area (Å²) in [7, 11) is 0. The van der Waals surface area contributed by atoms with Crippen molar-refractivity contribution in [2.24, 2.45) is 0 Å². The van der Waals surface area contributed by atoms with E-state index in [1.165, 1.54) is 11.1 Å². The zero-order chi connectivity index (χ0) is 19.3. The van der Waals surface area contributed by atoms with Crippen LogP contribution in [0.5, 0.6) is 0 Å². The summed E-state index contributed by atoms with van der Waals surface area (Å²) in [5, 5.41) is 2.87. The van der Waals surface area contributed by atoms with E-state index >= 15 is 0 Å². The minimum atomic E-state index is -0.370. The van der Waals surface area contributed by atoms with Crippen molar-refractivity contribution in [1.82, 2.24) is 15.2 Å². The molecule has 3 aromatic rings. The first kappa shape index (κ1) is 18.2. The third-order valence-electron chi connectivity index (χ3n) is 5.16. The van der Waals surface area contributed by atoms with Crippen LogP contribution in [0.25, 0.3) is 11.3 Å². The van der Waals surface area contributed by atoms with Gasteiger partial charge in [-0.25, -0.2) is 0 Å². The van der Waals surface area contributed by atoms with Gasteiger partial charge in [0.2, 0.25) is 0 Å². The largest absolute Gasteiger partial charge is 0.351 e. The van der Waals surface area contributed by atoms with Crippen molar-refractivity contribution < 1.29 is 4.79 Å². The molecule has 4 rings (SSSR count). The van der Waals surface area contributed by atoms with Gasteiger partial charge in [0.25, 0.3) is 11.5 Å². The van der Waals surface area contributed by atoms with E-state index in [-0.39, 0.29) is 17.0 Å². The Morgan fingerprint density at radius 2 is 1.71 bits per heavy atom. The monoisotopic (exact) mass is 373 g/mol. The van der Waals surface area contributed by atoms with Gasteiger partial charge in [-0.3, -0.25) is 14.5 Å². The van der Waals surface area contributed by atoms with E-state index in [4.69, 9.17) is 0 Å². The molecule has 2 heterocycles. The van der Waals surface area contributed by atoms with E-state index < -0.39 is 0 Å². The summed E-state index contributed by atoms with van der Waals surface area (Å²) in [6.07, 6.45) is 1.03. The van der Waals surface area contributed by atoms with Crippen LogP contribution in [0.3, 0.4) is 0 Å². The molecular formula is C23H23N3O2. The second-order valence-electron chi connectivity index (χ2n) is 7.03. The van der Waals surface area contributed by atoms with Crippen LogP contribution in [0, 0.1) is 0 Å². The number of carbonyl (C=O) groups excluding carboxylic acids is 1. The normalized spacial score (nSPS) is 13.7. The summed E-state index contributed by atoms with van der Waals surface area (Å²) in [5.74, 6) is -0.335. The van der Waals surface area contributed by atoms with E-state index in [1.807, 2.05) is 30.3 Å². The average molecular weight is 373 g/mol. The van der Waals surface area contributed by atoms with Gasteiger partial charge in [0.05, 0.1) is 0 Å². The van der Waals surface area contributed by atoms with Crippen LogP contribution in [0.4, 0.5) is 0 Å². The summed E-state index contributed by atoms with van der Waals surface area (Å²) in [5.41, 5.74) is 4.15.